The molecule has 1 amide bonds. The van der Waals surface area contributed by atoms with Crippen LogP contribution in [0.3, 0.4) is 0 Å². The molecule has 1 aromatic carbocycles. The smallest absolute Gasteiger partial charge is 0.335 e. The molecule has 5 heteroatoms. The first-order valence-corrected chi connectivity index (χ1v) is 6.04. The maximum Gasteiger partial charge on any atom is 0.335 e. The van der Waals surface area contributed by atoms with Crippen molar-refractivity contribution in [2.45, 2.75) is 25.3 Å². The highest BCUT2D eigenvalue weighted by Gasteiger charge is 2.20. The molecule has 1 aliphatic rings. The minimum atomic E-state index is -0.971. The number of nitrogens with one attached hydrogen (secondary N) is 2. The first-order chi connectivity index (χ1) is 8.66. The molecule has 0 aromatic heterocycles. The largest absolute Gasteiger partial charge is 0.478 e. The van der Waals surface area contributed by atoms with Gasteiger partial charge >= 0.3 is 5.97 Å². The summed E-state index contributed by atoms with van der Waals surface area (Å²) in [7, 11) is 0. The van der Waals surface area contributed by atoms with Crippen LogP contribution in [-0.4, -0.2) is 29.6 Å². The molecule has 1 heterocycles. The second kappa shape index (κ2) is 5.64. The molecule has 1 aliphatic heterocycles. The number of amides is 1. The van der Waals surface area contributed by atoms with Crippen LogP contribution in [0.4, 0.5) is 5.69 Å². The normalized spacial score (nSPS) is 19.2. The topological polar surface area (TPSA) is 78.4 Å². The lowest BCUT2D eigenvalue weighted by molar-refractivity contribution is -0.118. The molecule has 0 radical (unpaired) electrons. The number of carbonyl (C=O) groups is 2. The van der Waals surface area contributed by atoms with Gasteiger partial charge in [0.25, 0.3) is 0 Å². The highest BCUT2D eigenvalue weighted by atomic mass is 16.4. The predicted molar refractivity (Wildman–Crippen MR) is 67.7 cm³/mol. The number of hydrogen-bond acceptors (Lipinski definition) is 3. The number of hydrogen-bond donors (Lipinski definition) is 3. The molecule has 5 nitrogen and oxygen atoms in total. The minimum Gasteiger partial charge on any atom is -0.478 e. The molecule has 1 aromatic rings. The van der Waals surface area contributed by atoms with Gasteiger partial charge < -0.3 is 15.7 Å². The van der Waals surface area contributed by atoms with Crippen molar-refractivity contribution < 1.29 is 14.7 Å². The zero-order valence-corrected chi connectivity index (χ0v) is 9.98. The van der Waals surface area contributed by atoms with Gasteiger partial charge in [-0.15, -0.1) is 0 Å². The zero-order valence-electron chi connectivity index (χ0n) is 9.98. The Kier molecular flexibility index (Phi) is 3.94. The number of carbonyl (C=O) groups excluding carboxylic acids is 1. The highest BCUT2D eigenvalue weighted by molar-refractivity contribution is 5.95. The number of aromatic carboxylic acids is 1. The molecule has 0 bridgehead atoms. The van der Waals surface area contributed by atoms with E-state index in [2.05, 4.69) is 10.6 Å². The van der Waals surface area contributed by atoms with Crippen molar-refractivity contribution in [2.24, 2.45) is 0 Å². The summed E-state index contributed by atoms with van der Waals surface area (Å²) >= 11 is 0. The first kappa shape index (κ1) is 12.6. The van der Waals surface area contributed by atoms with E-state index in [1.807, 2.05) is 0 Å². The fourth-order valence-corrected chi connectivity index (χ4v) is 2.00. The van der Waals surface area contributed by atoms with E-state index in [-0.39, 0.29) is 17.5 Å². The number of anilines is 1. The Morgan fingerprint density at radius 1 is 1.22 bits per heavy atom. The molecule has 1 atom stereocenters. The van der Waals surface area contributed by atoms with Crippen LogP contribution in [0.5, 0.6) is 0 Å². The van der Waals surface area contributed by atoms with E-state index in [1.165, 1.54) is 12.1 Å². The first-order valence-electron chi connectivity index (χ1n) is 6.04. The minimum absolute atomic E-state index is 0.0576. The van der Waals surface area contributed by atoms with E-state index in [0.717, 1.165) is 25.8 Å². The van der Waals surface area contributed by atoms with Gasteiger partial charge in [-0.25, -0.2) is 4.79 Å². The van der Waals surface area contributed by atoms with Gasteiger partial charge in [-0.1, -0.05) is 6.42 Å². The average Bonchev–Trinajstić information content (AvgIpc) is 2.40. The molecule has 1 fully saturated rings. The summed E-state index contributed by atoms with van der Waals surface area (Å²) < 4.78 is 0. The lowest BCUT2D eigenvalue weighted by atomic mass is 10.0. The van der Waals surface area contributed by atoms with Gasteiger partial charge in [-0.2, -0.15) is 0 Å². The van der Waals surface area contributed by atoms with Crippen LogP contribution in [0.2, 0.25) is 0 Å². The summed E-state index contributed by atoms with van der Waals surface area (Å²) in [6.45, 7) is 0.871. The van der Waals surface area contributed by atoms with Gasteiger partial charge in [0.1, 0.15) is 0 Å². The van der Waals surface area contributed by atoms with Crippen LogP contribution in [0.15, 0.2) is 24.3 Å². The quantitative estimate of drug-likeness (QED) is 0.756. The molecule has 18 heavy (non-hydrogen) atoms. The monoisotopic (exact) mass is 248 g/mol. The molecule has 96 valence electrons. The molecule has 1 saturated heterocycles. The summed E-state index contributed by atoms with van der Waals surface area (Å²) in [6, 6.07) is 6.02. The molecule has 2 rings (SSSR count). The summed E-state index contributed by atoms with van der Waals surface area (Å²) in [5.74, 6) is -1.03. The fourth-order valence-electron chi connectivity index (χ4n) is 2.00. The van der Waals surface area contributed by atoms with E-state index >= 15 is 0 Å². The maximum absolute atomic E-state index is 11.9. The van der Waals surface area contributed by atoms with Gasteiger partial charge in [-0.05, 0) is 43.7 Å². The number of carboxylic acid groups (broad SMARTS) is 1. The Bertz CT molecular complexity index is 436. The molecule has 3 N–H and O–H groups in total. The second-order valence-corrected chi connectivity index (χ2v) is 4.37. The Morgan fingerprint density at radius 3 is 2.50 bits per heavy atom. The van der Waals surface area contributed by atoms with Gasteiger partial charge in [-0.3, -0.25) is 4.79 Å². The Hall–Kier alpha value is -1.88. The van der Waals surface area contributed by atoms with Gasteiger partial charge in [0, 0.05) is 5.69 Å². The summed E-state index contributed by atoms with van der Waals surface area (Å²) in [6.07, 6.45) is 3.01. The molecule has 0 unspecified atom stereocenters. The van der Waals surface area contributed by atoms with Crippen LogP contribution in [0.25, 0.3) is 0 Å². The summed E-state index contributed by atoms with van der Waals surface area (Å²) in [4.78, 5) is 22.6. The van der Waals surface area contributed by atoms with Crippen LogP contribution >= 0.6 is 0 Å². The number of piperidine rings is 1. The number of rotatable bonds is 3. The Morgan fingerprint density at radius 2 is 1.94 bits per heavy atom. The van der Waals surface area contributed by atoms with Crippen LogP contribution in [0, 0.1) is 0 Å². The maximum atomic E-state index is 11.9. The Labute approximate surface area is 105 Å². The summed E-state index contributed by atoms with van der Waals surface area (Å²) in [5, 5.41) is 14.7. The van der Waals surface area contributed by atoms with Gasteiger partial charge in [0.05, 0.1) is 11.6 Å². The zero-order chi connectivity index (χ0) is 13.0. The average molecular weight is 248 g/mol. The predicted octanol–water partition coefficient (Wildman–Crippen LogP) is 1.47. The lowest BCUT2D eigenvalue weighted by Gasteiger charge is -2.22. The van der Waals surface area contributed by atoms with Crippen molar-refractivity contribution >= 4 is 17.6 Å². The van der Waals surface area contributed by atoms with E-state index in [9.17, 15) is 9.59 Å². The van der Waals surface area contributed by atoms with E-state index in [0.29, 0.717) is 5.69 Å². The van der Waals surface area contributed by atoms with Crippen LogP contribution in [0.1, 0.15) is 29.6 Å². The third-order valence-corrected chi connectivity index (χ3v) is 3.03. The standard InChI is InChI=1S/C13H16N2O3/c16-12(11-3-1-2-8-14-11)15-10-6-4-9(5-7-10)13(17)18/h4-7,11,14H,1-3,8H2,(H,15,16)(H,17,18)/t11-/m0/s1. The van der Waals surface area contributed by atoms with Crippen molar-refractivity contribution in [3.63, 3.8) is 0 Å². The third-order valence-electron chi connectivity index (χ3n) is 3.03. The molecule has 0 aliphatic carbocycles. The van der Waals surface area contributed by atoms with Crippen molar-refractivity contribution in [3.05, 3.63) is 29.8 Å². The summed E-state index contributed by atoms with van der Waals surface area (Å²) in [5.41, 5.74) is 0.834. The molecular formula is C13H16N2O3. The highest BCUT2D eigenvalue weighted by Crippen LogP contribution is 2.12. The van der Waals surface area contributed by atoms with Crippen molar-refractivity contribution in [2.75, 3.05) is 11.9 Å². The SMILES string of the molecule is O=C(O)c1ccc(NC(=O)[C@@H]2CCCCN2)cc1. The van der Waals surface area contributed by atoms with E-state index < -0.39 is 5.97 Å². The van der Waals surface area contributed by atoms with Crippen molar-refractivity contribution in [1.29, 1.82) is 0 Å². The van der Waals surface area contributed by atoms with E-state index in [4.69, 9.17) is 5.11 Å². The molecule has 0 saturated carbocycles. The number of benzene rings is 1. The molecule has 0 spiro atoms. The number of carboxylic acids is 1. The van der Waals surface area contributed by atoms with Crippen LogP contribution < -0.4 is 10.6 Å². The molecular weight excluding hydrogens is 232 g/mol. The Balaban J connectivity index is 1.96. The van der Waals surface area contributed by atoms with Crippen molar-refractivity contribution in [1.82, 2.24) is 5.32 Å². The van der Waals surface area contributed by atoms with Crippen molar-refractivity contribution in [3.8, 4) is 0 Å². The fraction of sp³-hybridized carbons (Fsp3) is 0.385. The lowest BCUT2D eigenvalue weighted by Crippen LogP contribution is -2.43. The third kappa shape index (κ3) is 3.07. The van der Waals surface area contributed by atoms with Crippen LogP contribution in [-0.2, 0) is 4.79 Å². The van der Waals surface area contributed by atoms with Gasteiger partial charge in [0.15, 0.2) is 0 Å². The van der Waals surface area contributed by atoms with Gasteiger partial charge in [0.2, 0.25) is 5.91 Å². The van der Waals surface area contributed by atoms with E-state index in [1.54, 1.807) is 12.1 Å². The second-order valence-electron chi connectivity index (χ2n) is 4.37.